The summed E-state index contributed by atoms with van der Waals surface area (Å²) in [5.41, 5.74) is 1.25. The first-order valence-electron chi connectivity index (χ1n) is 9.55. The van der Waals surface area contributed by atoms with Gasteiger partial charge in [-0.2, -0.15) is 0 Å². The van der Waals surface area contributed by atoms with Crippen LogP contribution in [0.1, 0.15) is 29.9 Å². The van der Waals surface area contributed by atoms with E-state index in [4.69, 9.17) is 16.3 Å². The van der Waals surface area contributed by atoms with Crippen LogP contribution in [0.4, 0.5) is 5.13 Å². The fourth-order valence-electron chi connectivity index (χ4n) is 3.01. The maximum absolute atomic E-state index is 12.8. The highest BCUT2D eigenvalue weighted by Gasteiger charge is 2.26. The van der Waals surface area contributed by atoms with E-state index in [1.54, 1.807) is 24.3 Å². The Kier molecular flexibility index (Phi) is 7.60. The average Bonchev–Trinajstić information content (AvgIpc) is 3.13. The van der Waals surface area contributed by atoms with E-state index < -0.39 is 6.04 Å². The summed E-state index contributed by atoms with van der Waals surface area (Å²) in [7, 11) is 0. The first-order valence-corrected chi connectivity index (χ1v) is 10.8. The third kappa shape index (κ3) is 5.99. The Balaban J connectivity index is 1.61. The van der Waals surface area contributed by atoms with Gasteiger partial charge in [-0.05, 0) is 18.1 Å². The van der Waals surface area contributed by atoms with E-state index in [9.17, 15) is 9.59 Å². The standard InChI is InChI=1S/C20H25ClN4O3S/c1-13(2)17(23-18(26)15-5-3-4-6-16(15)21)19(27)24-20-22-14(12-29-20)11-25-7-9-28-10-8-25/h3-6,12-13,17H,7-11H2,1-2H3,(H,23,26)(H,22,24,27). The number of hydrogen-bond donors (Lipinski definition) is 2. The Hall–Kier alpha value is -2.00. The summed E-state index contributed by atoms with van der Waals surface area (Å²) in [5.74, 6) is -0.779. The molecule has 29 heavy (non-hydrogen) atoms. The lowest BCUT2D eigenvalue weighted by Gasteiger charge is -2.25. The van der Waals surface area contributed by atoms with E-state index in [0.29, 0.717) is 15.7 Å². The minimum absolute atomic E-state index is 0.103. The summed E-state index contributed by atoms with van der Waals surface area (Å²) in [5, 5.41) is 8.43. The topological polar surface area (TPSA) is 83.6 Å². The molecule has 1 aromatic carbocycles. The smallest absolute Gasteiger partial charge is 0.253 e. The van der Waals surface area contributed by atoms with Gasteiger partial charge in [0.25, 0.3) is 5.91 Å². The van der Waals surface area contributed by atoms with Crippen molar-refractivity contribution in [2.24, 2.45) is 5.92 Å². The highest BCUT2D eigenvalue weighted by atomic mass is 35.5. The minimum Gasteiger partial charge on any atom is -0.379 e. The quantitative estimate of drug-likeness (QED) is 0.697. The molecule has 1 fully saturated rings. The second-order valence-electron chi connectivity index (χ2n) is 7.20. The SMILES string of the molecule is CC(C)C(NC(=O)c1ccccc1Cl)C(=O)Nc1nc(CN2CCOCC2)cs1. The van der Waals surface area contributed by atoms with Gasteiger partial charge in [0.05, 0.1) is 29.5 Å². The maximum Gasteiger partial charge on any atom is 0.253 e. The largest absolute Gasteiger partial charge is 0.379 e. The molecule has 1 atom stereocenters. The zero-order valence-corrected chi connectivity index (χ0v) is 18.1. The first-order chi connectivity index (χ1) is 13.9. The van der Waals surface area contributed by atoms with Crippen LogP contribution in [0.2, 0.25) is 5.02 Å². The molecule has 156 valence electrons. The third-order valence-electron chi connectivity index (χ3n) is 4.63. The summed E-state index contributed by atoms with van der Waals surface area (Å²) in [6.07, 6.45) is 0. The lowest BCUT2D eigenvalue weighted by Crippen LogP contribution is -2.47. The van der Waals surface area contributed by atoms with Crippen molar-refractivity contribution >= 4 is 39.9 Å². The number of carbonyl (C=O) groups excluding carboxylic acids is 2. The molecular formula is C20H25ClN4O3S. The Morgan fingerprint density at radius 2 is 2.00 bits per heavy atom. The number of carbonyl (C=O) groups is 2. The number of rotatable bonds is 7. The lowest BCUT2D eigenvalue weighted by molar-refractivity contribution is -0.118. The van der Waals surface area contributed by atoms with Gasteiger partial charge >= 0.3 is 0 Å². The van der Waals surface area contributed by atoms with Crippen molar-refractivity contribution in [2.45, 2.75) is 26.4 Å². The summed E-state index contributed by atoms with van der Waals surface area (Å²) in [6.45, 7) is 7.70. The maximum atomic E-state index is 12.8. The van der Waals surface area contributed by atoms with Gasteiger partial charge in [-0.3, -0.25) is 14.5 Å². The number of anilines is 1. The number of nitrogens with one attached hydrogen (secondary N) is 2. The molecule has 0 bridgehead atoms. The second kappa shape index (κ2) is 10.2. The van der Waals surface area contributed by atoms with E-state index in [1.807, 2.05) is 19.2 Å². The van der Waals surface area contributed by atoms with Crippen LogP contribution < -0.4 is 10.6 Å². The predicted molar refractivity (Wildman–Crippen MR) is 114 cm³/mol. The van der Waals surface area contributed by atoms with Gasteiger partial charge in [0.2, 0.25) is 5.91 Å². The van der Waals surface area contributed by atoms with Crippen LogP contribution >= 0.6 is 22.9 Å². The van der Waals surface area contributed by atoms with Crippen molar-refractivity contribution in [1.82, 2.24) is 15.2 Å². The number of ether oxygens (including phenoxy) is 1. The number of hydrogen-bond acceptors (Lipinski definition) is 6. The van der Waals surface area contributed by atoms with Crippen LogP contribution in [0.5, 0.6) is 0 Å². The van der Waals surface area contributed by atoms with Gasteiger partial charge in [-0.15, -0.1) is 11.3 Å². The van der Waals surface area contributed by atoms with Gasteiger partial charge in [0.1, 0.15) is 6.04 Å². The molecule has 1 aliphatic heterocycles. The van der Waals surface area contributed by atoms with Gasteiger partial charge in [-0.25, -0.2) is 4.98 Å². The fourth-order valence-corrected chi connectivity index (χ4v) is 3.93. The normalized spacial score (nSPS) is 15.9. The monoisotopic (exact) mass is 436 g/mol. The molecule has 1 saturated heterocycles. The molecule has 1 unspecified atom stereocenters. The number of nitrogens with zero attached hydrogens (tertiary/aromatic N) is 2. The molecule has 2 N–H and O–H groups in total. The van der Waals surface area contributed by atoms with Gasteiger partial charge in [-0.1, -0.05) is 37.6 Å². The highest BCUT2D eigenvalue weighted by molar-refractivity contribution is 7.13. The van der Waals surface area contributed by atoms with E-state index in [-0.39, 0.29) is 17.7 Å². The van der Waals surface area contributed by atoms with Crippen molar-refractivity contribution in [2.75, 3.05) is 31.6 Å². The predicted octanol–water partition coefficient (Wildman–Crippen LogP) is 3.02. The molecule has 0 radical (unpaired) electrons. The van der Waals surface area contributed by atoms with Gasteiger partial charge < -0.3 is 15.4 Å². The van der Waals surface area contributed by atoms with Gasteiger partial charge in [0.15, 0.2) is 5.13 Å². The van der Waals surface area contributed by atoms with E-state index in [2.05, 4.69) is 20.5 Å². The summed E-state index contributed by atoms with van der Waals surface area (Å²) in [4.78, 5) is 32.1. The molecule has 0 saturated carbocycles. The molecule has 2 aromatic rings. The molecule has 7 nitrogen and oxygen atoms in total. The number of amides is 2. The van der Waals surface area contributed by atoms with Gasteiger partial charge in [0, 0.05) is 25.0 Å². The van der Waals surface area contributed by atoms with Crippen LogP contribution in [0.25, 0.3) is 0 Å². The molecule has 0 spiro atoms. The second-order valence-corrected chi connectivity index (χ2v) is 8.46. The van der Waals surface area contributed by atoms with E-state index in [1.165, 1.54) is 11.3 Å². The fraction of sp³-hybridized carbons (Fsp3) is 0.450. The number of benzene rings is 1. The zero-order valence-electron chi connectivity index (χ0n) is 16.5. The molecule has 3 rings (SSSR count). The van der Waals surface area contributed by atoms with E-state index >= 15 is 0 Å². The van der Waals surface area contributed by atoms with Crippen molar-refractivity contribution < 1.29 is 14.3 Å². The van der Waals surface area contributed by atoms with Crippen molar-refractivity contribution in [3.63, 3.8) is 0 Å². The van der Waals surface area contributed by atoms with Crippen molar-refractivity contribution in [3.05, 3.63) is 45.9 Å². The number of halogens is 1. The van der Waals surface area contributed by atoms with Crippen LogP contribution in [0.3, 0.4) is 0 Å². The average molecular weight is 437 g/mol. The van der Waals surface area contributed by atoms with Crippen molar-refractivity contribution in [3.8, 4) is 0 Å². The van der Waals surface area contributed by atoms with Crippen molar-refractivity contribution in [1.29, 1.82) is 0 Å². The molecule has 1 aliphatic rings. The minimum atomic E-state index is -0.703. The molecule has 1 aromatic heterocycles. The summed E-state index contributed by atoms with van der Waals surface area (Å²) < 4.78 is 5.36. The molecule has 0 aliphatic carbocycles. The first kappa shape index (κ1) is 21.7. The third-order valence-corrected chi connectivity index (χ3v) is 5.76. The lowest BCUT2D eigenvalue weighted by atomic mass is 10.0. The number of aromatic nitrogens is 1. The summed E-state index contributed by atoms with van der Waals surface area (Å²) >= 11 is 7.47. The van der Waals surface area contributed by atoms with Crippen LogP contribution in [0.15, 0.2) is 29.6 Å². The van der Waals surface area contributed by atoms with Crippen LogP contribution in [0, 0.1) is 5.92 Å². The Morgan fingerprint density at radius 3 is 2.69 bits per heavy atom. The Labute approximate surface area is 179 Å². The Bertz CT molecular complexity index is 852. The zero-order chi connectivity index (χ0) is 20.8. The van der Waals surface area contributed by atoms with Crippen LogP contribution in [-0.2, 0) is 16.1 Å². The molecule has 2 heterocycles. The molecule has 9 heteroatoms. The number of thiazole rings is 1. The Morgan fingerprint density at radius 1 is 1.28 bits per heavy atom. The molecule has 2 amide bonds. The van der Waals surface area contributed by atoms with E-state index in [0.717, 1.165) is 38.5 Å². The molecular weight excluding hydrogens is 412 g/mol. The highest BCUT2D eigenvalue weighted by Crippen LogP contribution is 2.19. The van der Waals surface area contributed by atoms with Crippen LogP contribution in [-0.4, -0.2) is 54.0 Å². The number of morpholine rings is 1. The summed E-state index contributed by atoms with van der Waals surface area (Å²) in [6, 6.07) is 6.06.